The summed E-state index contributed by atoms with van der Waals surface area (Å²) in [4.78, 5) is 15.1. The highest BCUT2D eigenvalue weighted by Crippen LogP contribution is 2.32. The average molecular weight is 337 g/mol. The third kappa shape index (κ3) is 3.97. The van der Waals surface area contributed by atoms with Crippen molar-refractivity contribution in [2.24, 2.45) is 5.11 Å². The molecule has 23 heavy (non-hydrogen) atoms. The molecule has 1 heterocycles. The highest BCUT2D eigenvalue weighted by atomic mass is 32.2. The molecule has 0 aliphatic carbocycles. The largest absolute Gasteiger partial charge is 0.455 e. The fourth-order valence-corrected chi connectivity index (χ4v) is 3.26. The van der Waals surface area contributed by atoms with Crippen LogP contribution in [-0.2, 0) is 9.47 Å². The Morgan fingerprint density at radius 1 is 1.48 bits per heavy atom. The zero-order chi connectivity index (χ0) is 16.8. The van der Waals surface area contributed by atoms with Crippen molar-refractivity contribution >= 4 is 17.7 Å². The van der Waals surface area contributed by atoms with Gasteiger partial charge in [-0.15, -0.1) is 11.8 Å². The third-order valence-corrected chi connectivity index (χ3v) is 4.56. The summed E-state index contributed by atoms with van der Waals surface area (Å²) in [6.07, 6.45) is 0.0366. The second-order valence-corrected chi connectivity index (χ2v) is 6.04. The number of esters is 1. The monoisotopic (exact) mass is 337 g/mol. The topological polar surface area (TPSA) is 105 Å². The van der Waals surface area contributed by atoms with Crippen molar-refractivity contribution in [3.05, 3.63) is 46.3 Å². The highest BCUT2D eigenvalue weighted by Gasteiger charge is 2.46. The van der Waals surface area contributed by atoms with Gasteiger partial charge < -0.3 is 14.6 Å². The van der Waals surface area contributed by atoms with Gasteiger partial charge in [-0.25, -0.2) is 4.79 Å². The standard InChI is InChI=1S/C15H19N3O4S/c1-3-10-12(19)11(17-18-16)13(15(21-10)23-2)22-14(20)9-7-5-4-6-8-9/h4-8,10-13,15,19H,3H2,1-2H3/t10?,11-,12+,13?,15-/m0/s1. The molecule has 8 heteroatoms. The minimum Gasteiger partial charge on any atom is -0.455 e. The lowest BCUT2D eigenvalue weighted by molar-refractivity contribution is -0.150. The number of hydrogen-bond donors (Lipinski definition) is 1. The van der Waals surface area contributed by atoms with Gasteiger partial charge in [-0.2, -0.15) is 0 Å². The summed E-state index contributed by atoms with van der Waals surface area (Å²) in [7, 11) is 0. The number of benzene rings is 1. The van der Waals surface area contributed by atoms with Gasteiger partial charge in [0.15, 0.2) is 0 Å². The van der Waals surface area contributed by atoms with Gasteiger partial charge in [0, 0.05) is 4.91 Å². The molecule has 1 aliphatic heterocycles. The molecule has 5 atom stereocenters. The fraction of sp³-hybridized carbons (Fsp3) is 0.533. The van der Waals surface area contributed by atoms with Crippen molar-refractivity contribution in [3.63, 3.8) is 0 Å². The zero-order valence-corrected chi connectivity index (χ0v) is 13.7. The predicted octanol–water partition coefficient (Wildman–Crippen LogP) is 2.75. The first-order chi connectivity index (χ1) is 11.1. The van der Waals surface area contributed by atoms with E-state index in [1.165, 1.54) is 11.8 Å². The van der Waals surface area contributed by atoms with Gasteiger partial charge >= 0.3 is 5.97 Å². The SMILES string of the molecule is CCC1O[C@@H](SC)C(OC(=O)c2ccccc2)[C@@H](N=[N+]=[N-])[C@@H]1O. The Kier molecular flexibility index (Phi) is 6.29. The molecule has 0 amide bonds. The number of azide groups is 1. The van der Waals surface area contributed by atoms with Gasteiger partial charge in [0.2, 0.25) is 0 Å². The van der Waals surface area contributed by atoms with Crippen LogP contribution in [0.4, 0.5) is 0 Å². The van der Waals surface area contributed by atoms with Gasteiger partial charge in [0.25, 0.3) is 0 Å². The molecule has 1 aromatic rings. The van der Waals surface area contributed by atoms with Gasteiger partial charge in [-0.05, 0) is 30.3 Å². The molecule has 0 aromatic heterocycles. The smallest absolute Gasteiger partial charge is 0.338 e. The van der Waals surface area contributed by atoms with E-state index in [4.69, 9.17) is 15.0 Å². The van der Waals surface area contributed by atoms with Crippen LogP contribution in [0.5, 0.6) is 0 Å². The number of rotatable bonds is 5. The van der Waals surface area contributed by atoms with Crippen LogP contribution in [0.3, 0.4) is 0 Å². The van der Waals surface area contributed by atoms with Crippen molar-refractivity contribution in [2.75, 3.05) is 6.26 Å². The Hall–Kier alpha value is -1.73. The van der Waals surface area contributed by atoms with E-state index in [9.17, 15) is 9.90 Å². The van der Waals surface area contributed by atoms with Crippen LogP contribution in [0.25, 0.3) is 10.4 Å². The molecule has 1 aromatic carbocycles. The summed E-state index contributed by atoms with van der Waals surface area (Å²) < 4.78 is 11.3. The molecule has 1 N–H and O–H groups in total. The Balaban J connectivity index is 2.24. The first kappa shape index (κ1) is 17.6. The summed E-state index contributed by atoms with van der Waals surface area (Å²) in [5.41, 5.74) is 8.66. The molecule has 0 spiro atoms. The van der Waals surface area contributed by atoms with E-state index < -0.39 is 35.8 Å². The number of thioether (sulfide) groups is 1. The van der Waals surface area contributed by atoms with Crippen molar-refractivity contribution in [1.29, 1.82) is 0 Å². The van der Waals surface area contributed by atoms with Crippen molar-refractivity contribution in [2.45, 2.75) is 43.1 Å². The first-order valence-corrected chi connectivity index (χ1v) is 8.57. The molecule has 1 aliphatic rings. The summed E-state index contributed by atoms with van der Waals surface area (Å²) in [6, 6.07) is 7.63. The number of aliphatic hydroxyl groups excluding tert-OH is 1. The minimum absolute atomic E-state index is 0.388. The summed E-state index contributed by atoms with van der Waals surface area (Å²) >= 11 is 1.35. The fourth-order valence-electron chi connectivity index (χ4n) is 2.52. The van der Waals surface area contributed by atoms with E-state index in [2.05, 4.69) is 10.0 Å². The Morgan fingerprint density at radius 2 is 2.17 bits per heavy atom. The molecule has 2 rings (SSSR count). The second kappa shape index (κ2) is 8.21. The number of ether oxygens (including phenoxy) is 2. The van der Waals surface area contributed by atoms with Crippen LogP contribution < -0.4 is 0 Å². The minimum atomic E-state index is -1.02. The third-order valence-electron chi connectivity index (χ3n) is 3.72. The molecule has 0 radical (unpaired) electrons. The van der Waals surface area contributed by atoms with Crippen LogP contribution in [-0.4, -0.2) is 47.1 Å². The maximum absolute atomic E-state index is 12.3. The summed E-state index contributed by atoms with van der Waals surface area (Å²) in [6.45, 7) is 1.87. The first-order valence-electron chi connectivity index (χ1n) is 7.29. The van der Waals surface area contributed by atoms with Crippen molar-refractivity contribution in [3.8, 4) is 0 Å². The molecule has 2 unspecified atom stereocenters. The lowest BCUT2D eigenvalue weighted by Gasteiger charge is -2.41. The van der Waals surface area contributed by atoms with Crippen molar-refractivity contribution in [1.82, 2.24) is 0 Å². The van der Waals surface area contributed by atoms with Crippen LogP contribution in [0.2, 0.25) is 0 Å². The summed E-state index contributed by atoms with van der Waals surface area (Å²) in [5.74, 6) is -0.543. The molecule has 124 valence electrons. The zero-order valence-electron chi connectivity index (χ0n) is 12.9. The van der Waals surface area contributed by atoms with Crippen LogP contribution in [0.1, 0.15) is 23.7 Å². The Bertz CT molecular complexity index is 579. The lowest BCUT2D eigenvalue weighted by Crippen LogP contribution is -2.56. The maximum atomic E-state index is 12.3. The number of nitrogens with zero attached hydrogens (tertiary/aromatic N) is 3. The Labute approximate surface area is 138 Å². The van der Waals surface area contributed by atoms with Gasteiger partial charge in [0.05, 0.1) is 17.8 Å². The van der Waals surface area contributed by atoms with E-state index in [0.29, 0.717) is 12.0 Å². The number of carbonyl (C=O) groups excluding carboxylic acids is 1. The van der Waals surface area contributed by atoms with Crippen molar-refractivity contribution < 1.29 is 19.4 Å². The van der Waals surface area contributed by atoms with E-state index in [1.54, 1.807) is 30.3 Å². The molecular weight excluding hydrogens is 318 g/mol. The summed E-state index contributed by atoms with van der Waals surface area (Å²) in [5, 5.41) is 14.0. The highest BCUT2D eigenvalue weighted by molar-refractivity contribution is 7.99. The van der Waals surface area contributed by atoms with Gasteiger partial charge in [-0.3, -0.25) is 0 Å². The van der Waals surface area contributed by atoms with E-state index in [-0.39, 0.29) is 0 Å². The lowest BCUT2D eigenvalue weighted by atomic mass is 9.96. The van der Waals surface area contributed by atoms with E-state index in [1.807, 2.05) is 13.2 Å². The predicted molar refractivity (Wildman–Crippen MR) is 87.1 cm³/mol. The van der Waals surface area contributed by atoms with Crippen LogP contribution >= 0.6 is 11.8 Å². The molecule has 7 nitrogen and oxygen atoms in total. The van der Waals surface area contributed by atoms with Crippen LogP contribution in [0, 0.1) is 0 Å². The van der Waals surface area contributed by atoms with Crippen LogP contribution in [0.15, 0.2) is 35.4 Å². The van der Waals surface area contributed by atoms with Gasteiger partial charge in [-0.1, -0.05) is 30.2 Å². The maximum Gasteiger partial charge on any atom is 0.338 e. The average Bonchev–Trinajstić information content (AvgIpc) is 2.59. The Morgan fingerprint density at radius 3 is 2.74 bits per heavy atom. The van der Waals surface area contributed by atoms with E-state index >= 15 is 0 Å². The molecular formula is C15H19N3O4S. The normalized spacial score (nSPS) is 30.3. The molecule has 0 saturated carbocycles. The number of hydrogen-bond acceptors (Lipinski definition) is 6. The van der Waals surface area contributed by atoms with E-state index in [0.717, 1.165) is 0 Å². The number of carbonyl (C=O) groups is 1. The molecule has 0 bridgehead atoms. The number of aliphatic hydroxyl groups is 1. The molecule has 1 fully saturated rings. The quantitative estimate of drug-likeness (QED) is 0.385. The van der Waals surface area contributed by atoms with Gasteiger partial charge in [0.1, 0.15) is 17.6 Å². The second-order valence-electron chi connectivity index (χ2n) is 5.11. The molecule has 1 saturated heterocycles.